The summed E-state index contributed by atoms with van der Waals surface area (Å²) in [5, 5.41) is 5.51. The molecule has 0 aliphatic carbocycles. The predicted molar refractivity (Wildman–Crippen MR) is 94.4 cm³/mol. The highest BCUT2D eigenvalue weighted by Crippen LogP contribution is 2.29. The highest BCUT2D eigenvalue weighted by Gasteiger charge is 2.08. The van der Waals surface area contributed by atoms with Gasteiger partial charge in [-0.25, -0.2) is 4.79 Å². The highest BCUT2D eigenvalue weighted by molar-refractivity contribution is 5.99. The number of ether oxygens (including phenoxy) is 3. The number of anilines is 2. The van der Waals surface area contributed by atoms with Gasteiger partial charge in [0.05, 0.1) is 20.3 Å². The monoisotopic (exact) mass is 330 g/mol. The van der Waals surface area contributed by atoms with E-state index < -0.39 is 0 Å². The van der Waals surface area contributed by atoms with E-state index in [0.717, 1.165) is 5.75 Å². The Balaban J connectivity index is 1.98. The van der Waals surface area contributed by atoms with Gasteiger partial charge in [0.1, 0.15) is 5.75 Å². The number of carbonyl (C=O) groups excluding carboxylic acids is 1. The third-order valence-corrected chi connectivity index (χ3v) is 3.13. The third kappa shape index (κ3) is 4.81. The van der Waals surface area contributed by atoms with Crippen LogP contribution >= 0.6 is 0 Å². The van der Waals surface area contributed by atoms with Crippen LogP contribution in [0.25, 0.3) is 0 Å². The molecule has 2 N–H and O–H groups in total. The number of urea groups is 1. The zero-order chi connectivity index (χ0) is 17.5. The van der Waals surface area contributed by atoms with Crippen molar-refractivity contribution in [2.75, 3.05) is 24.9 Å². The quantitative estimate of drug-likeness (QED) is 0.835. The maximum Gasteiger partial charge on any atom is 0.323 e. The molecule has 2 aromatic rings. The Morgan fingerprint density at radius 2 is 1.46 bits per heavy atom. The molecule has 24 heavy (non-hydrogen) atoms. The normalized spacial score (nSPS) is 10.2. The Kier molecular flexibility index (Phi) is 5.89. The van der Waals surface area contributed by atoms with Gasteiger partial charge in [0.15, 0.2) is 11.5 Å². The number of hydrogen-bond donors (Lipinski definition) is 2. The van der Waals surface area contributed by atoms with Crippen LogP contribution in [0.4, 0.5) is 16.2 Å². The first-order chi connectivity index (χ1) is 11.5. The van der Waals surface area contributed by atoms with Crippen molar-refractivity contribution in [3.63, 3.8) is 0 Å². The van der Waals surface area contributed by atoms with Crippen LogP contribution in [0, 0.1) is 0 Å². The Labute approximate surface area is 141 Å². The summed E-state index contributed by atoms with van der Waals surface area (Å²) in [5.74, 6) is 1.91. The van der Waals surface area contributed by atoms with E-state index in [4.69, 9.17) is 14.2 Å². The molecule has 0 atom stereocenters. The summed E-state index contributed by atoms with van der Waals surface area (Å²) >= 11 is 0. The molecule has 2 aromatic carbocycles. The van der Waals surface area contributed by atoms with Gasteiger partial charge in [0, 0.05) is 17.4 Å². The molecule has 2 rings (SSSR count). The highest BCUT2D eigenvalue weighted by atomic mass is 16.5. The lowest BCUT2D eigenvalue weighted by Gasteiger charge is -2.12. The van der Waals surface area contributed by atoms with Crippen molar-refractivity contribution in [1.82, 2.24) is 0 Å². The number of carbonyl (C=O) groups is 1. The van der Waals surface area contributed by atoms with Gasteiger partial charge in [-0.1, -0.05) is 0 Å². The fourth-order valence-electron chi connectivity index (χ4n) is 2.10. The molecule has 0 aliphatic rings. The molecule has 6 nitrogen and oxygen atoms in total. The Morgan fingerprint density at radius 1 is 0.875 bits per heavy atom. The van der Waals surface area contributed by atoms with Gasteiger partial charge >= 0.3 is 6.03 Å². The molecule has 6 heteroatoms. The molecule has 0 bridgehead atoms. The smallest absolute Gasteiger partial charge is 0.323 e. The van der Waals surface area contributed by atoms with Gasteiger partial charge in [0.2, 0.25) is 0 Å². The van der Waals surface area contributed by atoms with Crippen LogP contribution < -0.4 is 24.8 Å². The average molecular weight is 330 g/mol. The molecular formula is C18H22N2O4. The van der Waals surface area contributed by atoms with Crippen molar-refractivity contribution in [1.29, 1.82) is 0 Å². The topological polar surface area (TPSA) is 68.8 Å². The van der Waals surface area contributed by atoms with Crippen molar-refractivity contribution in [2.24, 2.45) is 0 Å². The number of nitrogens with one attached hydrogen (secondary N) is 2. The van der Waals surface area contributed by atoms with Gasteiger partial charge in [-0.15, -0.1) is 0 Å². The fourth-order valence-corrected chi connectivity index (χ4v) is 2.10. The summed E-state index contributed by atoms with van der Waals surface area (Å²) in [4.78, 5) is 12.1. The van der Waals surface area contributed by atoms with Crippen LogP contribution in [0.2, 0.25) is 0 Å². The SMILES string of the molecule is COc1ccc(NC(=O)Nc2ccc(OC(C)C)cc2)cc1OC. The molecular weight excluding hydrogens is 308 g/mol. The van der Waals surface area contributed by atoms with E-state index in [-0.39, 0.29) is 12.1 Å². The van der Waals surface area contributed by atoms with E-state index in [1.807, 2.05) is 26.0 Å². The molecule has 0 aliphatic heterocycles. The number of rotatable bonds is 6. The molecule has 0 fully saturated rings. The van der Waals surface area contributed by atoms with Crippen molar-refractivity contribution >= 4 is 17.4 Å². The molecule has 128 valence electrons. The molecule has 0 unspecified atom stereocenters. The van der Waals surface area contributed by atoms with E-state index in [9.17, 15) is 4.79 Å². The molecule has 0 saturated heterocycles. The summed E-state index contributed by atoms with van der Waals surface area (Å²) in [6.45, 7) is 3.92. The van der Waals surface area contributed by atoms with Crippen LogP contribution in [0.5, 0.6) is 17.2 Å². The Bertz CT molecular complexity index is 684. The molecule has 0 radical (unpaired) electrons. The van der Waals surface area contributed by atoms with E-state index in [1.54, 1.807) is 44.6 Å². The number of methoxy groups -OCH3 is 2. The second kappa shape index (κ2) is 8.10. The fraction of sp³-hybridized carbons (Fsp3) is 0.278. The van der Waals surface area contributed by atoms with Crippen LogP contribution in [-0.2, 0) is 0 Å². The third-order valence-electron chi connectivity index (χ3n) is 3.13. The molecule has 2 amide bonds. The Morgan fingerprint density at radius 3 is 2.04 bits per heavy atom. The number of benzene rings is 2. The van der Waals surface area contributed by atoms with Crippen molar-refractivity contribution in [2.45, 2.75) is 20.0 Å². The van der Waals surface area contributed by atoms with E-state index in [2.05, 4.69) is 10.6 Å². The summed E-state index contributed by atoms with van der Waals surface area (Å²) < 4.78 is 15.9. The van der Waals surface area contributed by atoms with Crippen molar-refractivity contribution in [3.8, 4) is 17.2 Å². The van der Waals surface area contributed by atoms with E-state index >= 15 is 0 Å². The maximum absolute atomic E-state index is 12.1. The van der Waals surface area contributed by atoms with Gasteiger partial charge in [-0.2, -0.15) is 0 Å². The first-order valence-electron chi connectivity index (χ1n) is 7.58. The zero-order valence-corrected chi connectivity index (χ0v) is 14.3. The van der Waals surface area contributed by atoms with Gasteiger partial charge in [-0.05, 0) is 50.2 Å². The second-order valence-corrected chi connectivity index (χ2v) is 5.34. The first-order valence-corrected chi connectivity index (χ1v) is 7.58. The molecule has 0 heterocycles. The van der Waals surface area contributed by atoms with Crippen LogP contribution in [0.3, 0.4) is 0 Å². The van der Waals surface area contributed by atoms with Crippen LogP contribution in [0.1, 0.15) is 13.8 Å². The lowest BCUT2D eigenvalue weighted by atomic mass is 10.2. The van der Waals surface area contributed by atoms with E-state index in [0.29, 0.717) is 22.9 Å². The van der Waals surface area contributed by atoms with Crippen molar-refractivity contribution < 1.29 is 19.0 Å². The number of hydrogen-bond acceptors (Lipinski definition) is 4. The summed E-state index contributed by atoms with van der Waals surface area (Å²) in [6, 6.07) is 12.0. The van der Waals surface area contributed by atoms with Gasteiger partial charge in [-0.3, -0.25) is 0 Å². The summed E-state index contributed by atoms with van der Waals surface area (Å²) in [6.07, 6.45) is 0.108. The molecule has 0 saturated carbocycles. The zero-order valence-electron chi connectivity index (χ0n) is 14.3. The van der Waals surface area contributed by atoms with Crippen molar-refractivity contribution in [3.05, 3.63) is 42.5 Å². The minimum Gasteiger partial charge on any atom is -0.493 e. The Hall–Kier alpha value is -2.89. The molecule has 0 aromatic heterocycles. The summed E-state index contributed by atoms with van der Waals surface area (Å²) in [5.41, 5.74) is 1.27. The minimum absolute atomic E-state index is 0.108. The standard InChI is InChI=1S/C18H22N2O4/c1-12(2)24-15-8-5-13(6-9-15)19-18(21)20-14-7-10-16(22-3)17(11-14)23-4/h5-12H,1-4H3,(H2,19,20,21). The summed E-state index contributed by atoms with van der Waals surface area (Å²) in [7, 11) is 3.10. The predicted octanol–water partition coefficient (Wildman–Crippen LogP) is 4.14. The second-order valence-electron chi connectivity index (χ2n) is 5.34. The minimum atomic E-state index is -0.347. The average Bonchev–Trinajstić information content (AvgIpc) is 2.56. The van der Waals surface area contributed by atoms with Crippen LogP contribution in [0.15, 0.2) is 42.5 Å². The lowest BCUT2D eigenvalue weighted by Crippen LogP contribution is -2.19. The van der Waals surface area contributed by atoms with Crippen LogP contribution in [-0.4, -0.2) is 26.4 Å². The van der Waals surface area contributed by atoms with Gasteiger partial charge in [0.25, 0.3) is 0 Å². The van der Waals surface area contributed by atoms with E-state index in [1.165, 1.54) is 0 Å². The maximum atomic E-state index is 12.1. The first kappa shape index (κ1) is 17.5. The molecule has 0 spiro atoms. The largest absolute Gasteiger partial charge is 0.493 e. The van der Waals surface area contributed by atoms with Gasteiger partial charge < -0.3 is 24.8 Å². The lowest BCUT2D eigenvalue weighted by molar-refractivity contribution is 0.242. The number of amides is 2.